The summed E-state index contributed by atoms with van der Waals surface area (Å²) >= 11 is 0. The number of rotatable bonds is 9. The second kappa shape index (κ2) is 11.1. The average molecular weight is 431 g/mol. The quantitative estimate of drug-likeness (QED) is 0.557. The van der Waals surface area contributed by atoms with Gasteiger partial charge in [-0.25, -0.2) is 0 Å². The Labute approximate surface area is 190 Å². The van der Waals surface area contributed by atoms with Gasteiger partial charge in [0.1, 0.15) is 11.8 Å². The van der Waals surface area contributed by atoms with Crippen molar-refractivity contribution in [3.63, 3.8) is 0 Å². The maximum Gasteiger partial charge on any atom is 0.261 e. The summed E-state index contributed by atoms with van der Waals surface area (Å²) in [5.41, 5.74) is 3.97. The van der Waals surface area contributed by atoms with E-state index in [1.165, 1.54) is 0 Å². The van der Waals surface area contributed by atoms with Gasteiger partial charge in [0.15, 0.2) is 6.61 Å². The van der Waals surface area contributed by atoms with Gasteiger partial charge in [-0.2, -0.15) is 0 Å². The summed E-state index contributed by atoms with van der Waals surface area (Å²) in [4.78, 5) is 27.9. The topological polar surface area (TPSA) is 58.6 Å². The zero-order chi connectivity index (χ0) is 22.9. The van der Waals surface area contributed by atoms with Crippen molar-refractivity contribution in [1.82, 2.24) is 10.2 Å². The summed E-state index contributed by atoms with van der Waals surface area (Å²) in [5, 5.41) is 2.72. The molecule has 0 fully saturated rings. The Hall–Kier alpha value is -3.60. The van der Waals surface area contributed by atoms with Crippen LogP contribution in [0.4, 0.5) is 0 Å². The van der Waals surface area contributed by atoms with E-state index < -0.39 is 6.04 Å². The smallest absolute Gasteiger partial charge is 0.261 e. The first-order chi connectivity index (χ1) is 15.5. The molecule has 0 radical (unpaired) electrons. The Morgan fingerprint density at radius 2 is 1.53 bits per heavy atom. The van der Waals surface area contributed by atoms with Gasteiger partial charge in [-0.05, 0) is 42.2 Å². The highest BCUT2D eigenvalue weighted by molar-refractivity contribution is 5.88. The number of ether oxygens (including phenoxy) is 1. The fourth-order valence-corrected chi connectivity index (χ4v) is 3.59. The van der Waals surface area contributed by atoms with Crippen LogP contribution in [-0.4, -0.2) is 36.4 Å². The van der Waals surface area contributed by atoms with E-state index in [-0.39, 0.29) is 18.4 Å². The third-order valence-corrected chi connectivity index (χ3v) is 5.41. The molecule has 1 atom stereocenters. The number of carbonyl (C=O) groups is 2. The van der Waals surface area contributed by atoms with Crippen LogP contribution in [0.15, 0.2) is 78.9 Å². The minimum Gasteiger partial charge on any atom is -0.483 e. The van der Waals surface area contributed by atoms with Crippen molar-refractivity contribution in [3.8, 4) is 5.75 Å². The molecule has 32 heavy (non-hydrogen) atoms. The van der Waals surface area contributed by atoms with Crippen LogP contribution in [0.3, 0.4) is 0 Å². The third kappa shape index (κ3) is 6.20. The van der Waals surface area contributed by atoms with Crippen LogP contribution < -0.4 is 10.1 Å². The fourth-order valence-electron chi connectivity index (χ4n) is 3.59. The standard InChI is InChI=1S/C27H30N2O3/c1-20-14-15-21(2)25(16-20)32-19-26(30)29(18-23-12-8-5-9-13-23)24(27(31)28-3)17-22-10-6-4-7-11-22/h4-16,24H,17-19H2,1-3H3,(H,28,31)/t24-/m0/s1. The molecule has 3 aromatic carbocycles. The molecule has 0 unspecified atom stereocenters. The molecular formula is C27H30N2O3. The molecule has 5 heteroatoms. The number of nitrogens with zero attached hydrogens (tertiary/aromatic N) is 1. The predicted octanol–water partition coefficient (Wildman–Crippen LogP) is 4.07. The van der Waals surface area contributed by atoms with Crippen LogP contribution in [0.1, 0.15) is 22.3 Å². The Balaban J connectivity index is 1.87. The molecule has 0 aliphatic heterocycles. The lowest BCUT2D eigenvalue weighted by atomic mass is 10.0. The minimum atomic E-state index is -0.655. The van der Waals surface area contributed by atoms with Crippen LogP contribution in [0.2, 0.25) is 0 Å². The molecule has 0 aromatic heterocycles. The van der Waals surface area contributed by atoms with Gasteiger partial charge in [-0.1, -0.05) is 72.8 Å². The first-order valence-corrected chi connectivity index (χ1v) is 10.8. The van der Waals surface area contributed by atoms with E-state index in [0.29, 0.717) is 18.7 Å². The Bertz CT molecular complexity index is 1040. The summed E-state index contributed by atoms with van der Waals surface area (Å²) in [6.07, 6.45) is 0.419. The predicted molar refractivity (Wildman–Crippen MR) is 126 cm³/mol. The van der Waals surface area contributed by atoms with Crippen molar-refractivity contribution in [3.05, 3.63) is 101 Å². The van der Waals surface area contributed by atoms with E-state index in [9.17, 15) is 9.59 Å². The Morgan fingerprint density at radius 1 is 0.906 bits per heavy atom. The zero-order valence-corrected chi connectivity index (χ0v) is 18.9. The van der Waals surface area contributed by atoms with E-state index in [0.717, 1.165) is 22.3 Å². The van der Waals surface area contributed by atoms with Crippen LogP contribution in [0.5, 0.6) is 5.75 Å². The molecule has 0 aliphatic carbocycles. The number of benzene rings is 3. The molecule has 1 N–H and O–H groups in total. The SMILES string of the molecule is CNC(=O)[C@H](Cc1ccccc1)N(Cc1ccccc1)C(=O)COc1cc(C)ccc1C. The second-order valence-corrected chi connectivity index (χ2v) is 7.88. The highest BCUT2D eigenvalue weighted by atomic mass is 16.5. The molecular weight excluding hydrogens is 400 g/mol. The number of likely N-dealkylation sites (N-methyl/N-ethyl adjacent to an activating group) is 1. The molecule has 0 aliphatic rings. The number of hydrogen-bond donors (Lipinski definition) is 1. The number of hydrogen-bond acceptors (Lipinski definition) is 3. The molecule has 5 nitrogen and oxygen atoms in total. The lowest BCUT2D eigenvalue weighted by Crippen LogP contribution is -2.51. The van der Waals surface area contributed by atoms with Crippen molar-refractivity contribution in [1.29, 1.82) is 0 Å². The highest BCUT2D eigenvalue weighted by Crippen LogP contribution is 2.20. The van der Waals surface area contributed by atoms with E-state index in [1.807, 2.05) is 92.7 Å². The Morgan fingerprint density at radius 3 is 2.16 bits per heavy atom. The number of aryl methyl sites for hydroxylation is 2. The maximum absolute atomic E-state index is 13.4. The lowest BCUT2D eigenvalue weighted by Gasteiger charge is -2.31. The van der Waals surface area contributed by atoms with Gasteiger partial charge in [0.25, 0.3) is 5.91 Å². The minimum absolute atomic E-state index is 0.139. The number of nitrogens with one attached hydrogen (secondary N) is 1. The Kier molecular flexibility index (Phi) is 8.03. The van der Waals surface area contributed by atoms with Crippen LogP contribution >= 0.6 is 0 Å². The van der Waals surface area contributed by atoms with Gasteiger partial charge in [-0.15, -0.1) is 0 Å². The van der Waals surface area contributed by atoms with Crippen molar-refractivity contribution < 1.29 is 14.3 Å². The zero-order valence-electron chi connectivity index (χ0n) is 18.9. The molecule has 3 rings (SSSR count). The normalized spacial score (nSPS) is 11.5. The van der Waals surface area contributed by atoms with Crippen molar-refractivity contribution in [2.45, 2.75) is 32.9 Å². The number of amides is 2. The third-order valence-electron chi connectivity index (χ3n) is 5.41. The van der Waals surface area contributed by atoms with Gasteiger partial charge in [0, 0.05) is 20.0 Å². The van der Waals surface area contributed by atoms with Crippen molar-refractivity contribution in [2.24, 2.45) is 0 Å². The molecule has 0 heterocycles. The summed E-state index contributed by atoms with van der Waals surface area (Å²) < 4.78 is 5.89. The molecule has 3 aromatic rings. The van der Waals surface area contributed by atoms with Gasteiger partial charge >= 0.3 is 0 Å². The van der Waals surface area contributed by atoms with Crippen molar-refractivity contribution in [2.75, 3.05) is 13.7 Å². The summed E-state index contributed by atoms with van der Waals surface area (Å²) in [6.45, 7) is 4.11. The van der Waals surface area contributed by atoms with Gasteiger partial charge < -0.3 is 15.0 Å². The van der Waals surface area contributed by atoms with E-state index >= 15 is 0 Å². The van der Waals surface area contributed by atoms with Gasteiger partial charge in [0.05, 0.1) is 0 Å². The molecule has 2 amide bonds. The van der Waals surface area contributed by atoms with Crippen molar-refractivity contribution >= 4 is 11.8 Å². The lowest BCUT2D eigenvalue weighted by molar-refractivity contribution is -0.142. The molecule has 166 valence electrons. The first kappa shape index (κ1) is 23.1. The average Bonchev–Trinajstić information content (AvgIpc) is 2.82. The monoisotopic (exact) mass is 430 g/mol. The molecule has 0 saturated carbocycles. The maximum atomic E-state index is 13.4. The van der Waals surface area contributed by atoms with Crippen LogP contribution in [0, 0.1) is 13.8 Å². The van der Waals surface area contributed by atoms with Gasteiger partial charge in [-0.3, -0.25) is 9.59 Å². The van der Waals surface area contributed by atoms with Crippen LogP contribution in [-0.2, 0) is 22.6 Å². The summed E-state index contributed by atoms with van der Waals surface area (Å²) in [6, 6.07) is 24.7. The largest absolute Gasteiger partial charge is 0.483 e. The molecule has 0 spiro atoms. The van der Waals surface area contributed by atoms with E-state index in [2.05, 4.69) is 5.32 Å². The first-order valence-electron chi connectivity index (χ1n) is 10.8. The van der Waals surface area contributed by atoms with E-state index in [1.54, 1.807) is 11.9 Å². The highest BCUT2D eigenvalue weighted by Gasteiger charge is 2.30. The molecule has 0 bridgehead atoms. The van der Waals surface area contributed by atoms with Crippen LogP contribution in [0.25, 0.3) is 0 Å². The fraction of sp³-hybridized carbons (Fsp3) is 0.259. The second-order valence-electron chi connectivity index (χ2n) is 7.88. The summed E-state index contributed by atoms with van der Waals surface area (Å²) in [5.74, 6) is 0.238. The number of carbonyl (C=O) groups excluding carboxylic acids is 2. The molecule has 0 saturated heterocycles. The van der Waals surface area contributed by atoms with Gasteiger partial charge in [0.2, 0.25) is 5.91 Å². The van der Waals surface area contributed by atoms with E-state index in [4.69, 9.17) is 4.74 Å². The summed E-state index contributed by atoms with van der Waals surface area (Å²) in [7, 11) is 1.60.